The first-order valence-corrected chi connectivity index (χ1v) is 19.2. The van der Waals surface area contributed by atoms with Crippen LogP contribution >= 0.6 is 24.0 Å². The number of morpholine rings is 1. The molecule has 1 amide bonds. The van der Waals surface area contributed by atoms with Crippen molar-refractivity contribution in [2.24, 2.45) is 0 Å². The first-order valence-electron chi connectivity index (χ1n) is 16.4. The summed E-state index contributed by atoms with van der Waals surface area (Å²) in [5, 5.41) is 9.80. The van der Waals surface area contributed by atoms with Gasteiger partial charge in [-0.3, -0.25) is 14.5 Å². The van der Waals surface area contributed by atoms with Crippen LogP contribution in [-0.4, -0.2) is 91.5 Å². The molecule has 0 aliphatic carbocycles. The van der Waals surface area contributed by atoms with E-state index in [1.165, 1.54) is 48.5 Å². The van der Waals surface area contributed by atoms with Gasteiger partial charge < -0.3 is 18.8 Å². The molecule has 2 aliphatic rings. The van der Waals surface area contributed by atoms with Crippen molar-refractivity contribution in [2.45, 2.75) is 25.2 Å². The second-order valence-corrected chi connectivity index (χ2v) is 15.4. The molecule has 0 atom stereocenters. The van der Waals surface area contributed by atoms with Crippen LogP contribution in [0.2, 0.25) is 0 Å². The molecule has 20 heteroatoms. The SMILES string of the molecule is O=C(O)c1ccc(OS(=O)(=O)CCCCON2C(=O)C(=Cc3cc(-c4cc(C(F)(F)F)cc(C(F)(F)F)c4)ccc3OCCN3CCOCC3)SC2=S)cc1. The molecule has 0 aromatic heterocycles. The third-order valence-corrected chi connectivity index (χ3v) is 10.6. The zero-order chi connectivity index (χ0) is 40.0. The highest BCUT2D eigenvalue weighted by atomic mass is 32.2. The predicted molar refractivity (Wildman–Crippen MR) is 193 cm³/mol. The molecular weight excluding hydrogens is 803 g/mol. The minimum atomic E-state index is -5.06. The van der Waals surface area contributed by atoms with Crippen LogP contribution in [-0.2, 0) is 36.8 Å². The molecule has 5 rings (SSSR count). The predicted octanol–water partition coefficient (Wildman–Crippen LogP) is 7.12. The van der Waals surface area contributed by atoms with Gasteiger partial charge in [0.15, 0.2) is 4.32 Å². The fourth-order valence-electron chi connectivity index (χ4n) is 5.29. The number of nitrogens with zero attached hydrogens (tertiary/aromatic N) is 2. The third kappa shape index (κ3) is 11.7. The van der Waals surface area contributed by atoms with E-state index in [1.807, 2.05) is 0 Å². The van der Waals surface area contributed by atoms with E-state index in [2.05, 4.69) is 4.90 Å². The van der Waals surface area contributed by atoms with Crippen LogP contribution in [0, 0.1) is 0 Å². The Bertz CT molecular complexity index is 2000. The summed E-state index contributed by atoms with van der Waals surface area (Å²) in [6, 6.07) is 10.1. The van der Waals surface area contributed by atoms with Crippen molar-refractivity contribution in [1.29, 1.82) is 0 Å². The number of hydrogen-bond acceptors (Lipinski definition) is 11. The number of carbonyl (C=O) groups is 2. The topological polar surface area (TPSA) is 132 Å². The minimum absolute atomic E-state index is 0.00804. The smallest absolute Gasteiger partial charge is 0.416 e. The van der Waals surface area contributed by atoms with Gasteiger partial charge in [-0.05, 0) is 96.9 Å². The van der Waals surface area contributed by atoms with Crippen molar-refractivity contribution < 1.29 is 68.0 Å². The van der Waals surface area contributed by atoms with Gasteiger partial charge in [0.1, 0.15) is 18.1 Å². The molecule has 0 saturated carbocycles. The molecule has 296 valence electrons. The van der Waals surface area contributed by atoms with Gasteiger partial charge in [0.05, 0.1) is 47.2 Å². The van der Waals surface area contributed by atoms with Gasteiger partial charge >= 0.3 is 28.4 Å². The van der Waals surface area contributed by atoms with Gasteiger partial charge in [-0.1, -0.05) is 17.8 Å². The maximum absolute atomic E-state index is 13.6. The number of halogens is 6. The summed E-state index contributed by atoms with van der Waals surface area (Å²) in [6.07, 6.45) is -8.56. The average molecular weight is 835 g/mol. The van der Waals surface area contributed by atoms with Gasteiger partial charge in [0.2, 0.25) is 0 Å². The Morgan fingerprint density at radius 2 is 1.56 bits per heavy atom. The quantitative estimate of drug-likeness (QED) is 0.0550. The maximum Gasteiger partial charge on any atom is 0.416 e. The zero-order valence-electron chi connectivity index (χ0n) is 28.5. The Labute approximate surface area is 320 Å². The fraction of sp³-hybridized carbons (Fsp3) is 0.343. The summed E-state index contributed by atoms with van der Waals surface area (Å²) in [4.78, 5) is 32.0. The van der Waals surface area contributed by atoms with E-state index in [-0.39, 0.29) is 75.1 Å². The van der Waals surface area contributed by atoms with E-state index in [4.69, 9.17) is 35.8 Å². The second-order valence-electron chi connectivity index (χ2n) is 12.0. The van der Waals surface area contributed by atoms with Gasteiger partial charge in [0, 0.05) is 25.2 Å². The molecule has 3 aromatic carbocycles. The number of carbonyl (C=O) groups excluding carboxylic acids is 1. The van der Waals surface area contributed by atoms with Crippen molar-refractivity contribution in [1.82, 2.24) is 9.96 Å². The van der Waals surface area contributed by atoms with Crippen molar-refractivity contribution in [3.63, 3.8) is 0 Å². The highest BCUT2D eigenvalue weighted by Crippen LogP contribution is 2.40. The number of carboxylic acids is 1. The molecule has 0 spiro atoms. The lowest BCUT2D eigenvalue weighted by Gasteiger charge is -2.26. The molecule has 0 bridgehead atoms. The number of rotatable bonds is 15. The van der Waals surface area contributed by atoms with Gasteiger partial charge in [0.25, 0.3) is 5.91 Å². The number of thioether (sulfide) groups is 1. The van der Waals surface area contributed by atoms with E-state index in [0.29, 0.717) is 45.0 Å². The minimum Gasteiger partial charge on any atom is -0.492 e. The van der Waals surface area contributed by atoms with Gasteiger partial charge in [-0.2, -0.15) is 39.8 Å². The number of hydroxylamine groups is 2. The third-order valence-electron chi connectivity index (χ3n) is 8.08. The Hall–Kier alpha value is -4.21. The van der Waals surface area contributed by atoms with Crippen LogP contribution in [0.3, 0.4) is 0 Å². The summed E-state index contributed by atoms with van der Waals surface area (Å²) < 4.78 is 123. The molecule has 2 saturated heterocycles. The van der Waals surface area contributed by atoms with Crippen LogP contribution in [0.15, 0.2) is 65.6 Å². The van der Waals surface area contributed by atoms with E-state index in [0.717, 1.165) is 16.8 Å². The second kappa shape index (κ2) is 17.7. The number of alkyl halides is 6. The number of ether oxygens (including phenoxy) is 2. The highest BCUT2D eigenvalue weighted by Gasteiger charge is 2.37. The summed E-state index contributed by atoms with van der Waals surface area (Å²) in [5.74, 6) is -2.18. The summed E-state index contributed by atoms with van der Waals surface area (Å²) >= 11 is 6.14. The molecule has 0 radical (unpaired) electrons. The molecular formula is C35H32F6N2O9S3. The number of hydrogen-bond donors (Lipinski definition) is 1. The number of unbranched alkanes of at least 4 members (excludes halogenated alkanes) is 1. The Morgan fingerprint density at radius 3 is 2.18 bits per heavy atom. The van der Waals surface area contributed by atoms with Gasteiger partial charge in [-0.25, -0.2) is 4.79 Å². The lowest BCUT2D eigenvalue weighted by Crippen LogP contribution is -2.38. The highest BCUT2D eigenvalue weighted by molar-refractivity contribution is 8.26. The average Bonchev–Trinajstić information content (AvgIpc) is 3.38. The Morgan fingerprint density at radius 1 is 0.909 bits per heavy atom. The molecule has 3 aromatic rings. The first-order chi connectivity index (χ1) is 25.9. The fourth-order valence-corrected chi connectivity index (χ4v) is 7.50. The van der Waals surface area contributed by atoms with E-state index in [9.17, 15) is 44.3 Å². The molecule has 2 aliphatic heterocycles. The Balaban J connectivity index is 1.29. The Kier molecular flexibility index (Phi) is 13.5. The molecule has 2 heterocycles. The standard InChI is InChI=1S/C35H32F6N2O9S3/c36-34(37,38)26-18-24(19-27(21-26)35(39,40)41)23-5-8-29(50-15-11-42-9-13-49-14-10-42)25(17-23)20-30-31(44)43(33(53)54-30)51-12-1-2-16-55(47,48)52-28-6-3-22(4-7-28)32(45)46/h3-8,17-21H,1-2,9-16H2,(H,45,46). The zero-order valence-corrected chi connectivity index (χ0v) is 31.0. The van der Waals surface area contributed by atoms with Crippen LogP contribution in [0.25, 0.3) is 17.2 Å². The first kappa shape index (κ1) is 41.9. The van der Waals surface area contributed by atoms with Crippen LogP contribution in [0.5, 0.6) is 11.5 Å². The lowest BCUT2D eigenvalue weighted by molar-refractivity contribution is -0.155. The maximum atomic E-state index is 13.6. The number of benzene rings is 3. The van der Waals surface area contributed by atoms with Crippen LogP contribution in [0.4, 0.5) is 26.3 Å². The van der Waals surface area contributed by atoms with Crippen molar-refractivity contribution in [2.75, 3.05) is 51.8 Å². The van der Waals surface area contributed by atoms with E-state index in [1.54, 1.807) is 0 Å². The number of aromatic carboxylic acids is 1. The summed E-state index contributed by atoms with van der Waals surface area (Å²) in [5.41, 5.74) is -3.22. The molecule has 1 N–H and O–H groups in total. The monoisotopic (exact) mass is 834 g/mol. The summed E-state index contributed by atoms with van der Waals surface area (Å²) in [6.45, 7) is 2.96. The molecule has 0 unspecified atom stereocenters. The van der Waals surface area contributed by atoms with Gasteiger partial charge in [-0.15, -0.1) is 0 Å². The molecule has 55 heavy (non-hydrogen) atoms. The van der Waals surface area contributed by atoms with Crippen molar-refractivity contribution >= 4 is 56.4 Å². The lowest BCUT2D eigenvalue weighted by atomic mass is 9.97. The number of thiocarbonyl (C=S) groups is 1. The van der Waals surface area contributed by atoms with E-state index >= 15 is 0 Å². The number of carboxylic acid groups (broad SMARTS) is 1. The largest absolute Gasteiger partial charge is 0.492 e. The van der Waals surface area contributed by atoms with E-state index < -0.39 is 51.2 Å². The van der Waals surface area contributed by atoms with Crippen molar-refractivity contribution in [3.05, 3.63) is 87.8 Å². The molecule has 11 nitrogen and oxygen atoms in total. The molecule has 2 fully saturated rings. The van der Waals surface area contributed by atoms with Crippen LogP contribution < -0.4 is 8.92 Å². The normalized spacial score (nSPS) is 16.5. The van der Waals surface area contributed by atoms with Crippen LogP contribution in [0.1, 0.15) is 39.9 Å². The van der Waals surface area contributed by atoms with Crippen molar-refractivity contribution in [3.8, 4) is 22.6 Å². The number of amides is 1. The summed E-state index contributed by atoms with van der Waals surface area (Å²) in [7, 11) is -4.05.